The Morgan fingerprint density at radius 3 is 2.18 bits per heavy atom. The molecule has 10 unspecified atom stereocenters. The second kappa shape index (κ2) is 28.6. The van der Waals surface area contributed by atoms with Gasteiger partial charge in [-0.2, -0.15) is 0 Å². The number of aliphatic hydroxyl groups excluding tert-OH is 2. The van der Waals surface area contributed by atoms with Crippen molar-refractivity contribution in [1.82, 2.24) is 9.80 Å². The maximum Gasteiger partial charge on any atom is 0.309 e. The first kappa shape index (κ1) is 59.8. The average Bonchev–Trinajstić information content (AvgIpc) is 3.31. The van der Waals surface area contributed by atoms with Crippen molar-refractivity contribution in [3.05, 3.63) is 35.9 Å². The topological polar surface area (TPSA) is 217 Å². The summed E-state index contributed by atoms with van der Waals surface area (Å²) in [5.41, 5.74) is -0.466. The Bertz CT molecular complexity index is 1880. The van der Waals surface area contributed by atoms with E-state index >= 15 is 0 Å². The smallest absolute Gasteiger partial charge is 0.309 e. The fraction of sp³-hybridized carbons (Fsp3) is 0.769. The lowest BCUT2D eigenvalue weighted by atomic mass is 9.82. The number of nitrogens with zero attached hydrogens (tertiary/aromatic N) is 2. The van der Waals surface area contributed by atoms with Crippen LogP contribution in [0.25, 0.3) is 0 Å². The Kier molecular flexibility index (Phi) is 24.1. The maximum atomic E-state index is 13.9. The number of esters is 4. The lowest BCUT2D eigenvalue weighted by Gasteiger charge is -2.51. The van der Waals surface area contributed by atoms with E-state index in [9.17, 15) is 29.4 Å². The minimum absolute atomic E-state index is 0.00306. The first-order valence-corrected chi connectivity index (χ1v) is 24.9. The van der Waals surface area contributed by atoms with Gasteiger partial charge in [0.2, 0.25) is 0 Å². The molecule has 2 N–H and O–H groups in total. The number of carbonyl (C=O) groups excluding carboxylic acids is 4. The van der Waals surface area contributed by atoms with Crippen molar-refractivity contribution in [1.29, 1.82) is 0 Å². The fourth-order valence-electron chi connectivity index (χ4n) is 9.77. The Hall–Kier alpha value is -3.78. The number of benzene rings is 1. The third kappa shape index (κ3) is 17.4. The highest BCUT2D eigenvalue weighted by Crippen LogP contribution is 2.40. The Morgan fingerprint density at radius 1 is 0.915 bits per heavy atom. The standard InChI is InChI=1S/C52H82N2O17/c1-14-40(57)67-39-28-42(59)64-32(4)23-25-54(24-19-22-36-20-17-16-18-21-36)30-38(56)31(3)26-37(27-43(61-11)62-12)48(49(39)63-13)70-51-46(60)45(53(9)10)47(33(5)66-51)69-44-29-52(8,71-35(7)55)50(34(6)65-44)68-41(58)15-2/h16-18,20-21,31-34,37-39,43-51,56,60H,14-15,23-30H2,1-13H3/t31-,32-,33?,34?,37-,38+,39-,44?,45?,46?,47?,48+,49?,50?,51?,52?/m1/s1. The molecule has 3 saturated heterocycles. The van der Waals surface area contributed by atoms with Gasteiger partial charge in [-0.1, -0.05) is 50.8 Å². The highest BCUT2D eigenvalue weighted by molar-refractivity contribution is 5.73. The van der Waals surface area contributed by atoms with Crippen molar-refractivity contribution in [2.24, 2.45) is 11.8 Å². The molecule has 0 saturated carbocycles. The monoisotopic (exact) mass is 1010 g/mol. The van der Waals surface area contributed by atoms with Gasteiger partial charge in [0.25, 0.3) is 0 Å². The Morgan fingerprint density at radius 2 is 1.58 bits per heavy atom. The highest BCUT2D eigenvalue weighted by Gasteiger charge is 2.54. The number of β-amino-alcohol motifs (C(OH)–C–C–N with tert-alkyl or cyclic N) is 1. The van der Waals surface area contributed by atoms with Crippen LogP contribution in [0, 0.1) is 23.7 Å². The Balaban J connectivity index is 1.75. The minimum Gasteiger partial charge on any atom is -0.463 e. The van der Waals surface area contributed by atoms with Crippen LogP contribution in [0.2, 0.25) is 0 Å². The van der Waals surface area contributed by atoms with Gasteiger partial charge in [0, 0.05) is 72.6 Å². The normalized spacial score (nSPS) is 34.8. The zero-order valence-corrected chi connectivity index (χ0v) is 44.1. The van der Waals surface area contributed by atoms with E-state index in [1.807, 2.05) is 42.2 Å². The number of aliphatic hydroxyl groups is 2. The summed E-state index contributed by atoms with van der Waals surface area (Å²) in [4.78, 5) is 55.8. The van der Waals surface area contributed by atoms with Crippen molar-refractivity contribution in [2.45, 2.75) is 192 Å². The van der Waals surface area contributed by atoms with Crippen LogP contribution >= 0.6 is 0 Å². The molecule has 0 spiro atoms. The van der Waals surface area contributed by atoms with E-state index in [1.54, 1.807) is 60.5 Å². The molecule has 19 nitrogen and oxygen atoms in total. The summed E-state index contributed by atoms with van der Waals surface area (Å²) in [5, 5.41) is 24.5. The molecular weight excluding hydrogens is 925 g/mol. The zero-order chi connectivity index (χ0) is 52.6. The molecular formula is C52H82N2O17. The molecule has 1 aromatic carbocycles. The minimum atomic E-state index is -1.42. The predicted molar refractivity (Wildman–Crippen MR) is 258 cm³/mol. The van der Waals surface area contributed by atoms with Crippen LogP contribution in [-0.4, -0.2) is 191 Å². The molecule has 3 fully saturated rings. The molecule has 4 rings (SSSR count). The van der Waals surface area contributed by atoms with Crippen molar-refractivity contribution in [3.8, 4) is 11.8 Å². The van der Waals surface area contributed by atoms with E-state index in [2.05, 4.69) is 11.8 Å². The van der Waals surface area contributed by atoms with Gasteiger partial charge >= 0.3 is 23.9 Å². The predicted octanol–water partition coefficient (Wildman–Crippen LogP) is 4.00. The number of methoxy groups -OCH3 is 3. The second-order valence-electron chi connectivity index (χ2n) is 19.5. The largest absolute Gasteiger partial charge is 0.463 e. The van der Waals surface area contributed by atoms with Gasteiger partial charge in [0.05, 0.1) is 43.4 Å². The molecule has 3 aliphatic rings. The van der Waals surface area contributed by atoms with Crippen LogP contribution in [0.15, 0.2) is 30.3 Å². The van der Waals surface area contributed by atoms with E-state index in [4.69, 9.17) is 52.1 Å². The fourth-order valence-corrected chi connectivity index (χ4v) is 9.77. The summed E-state index contributed by atoms with van der Waals surface area (Å²) in [6.45, 7) is 14.4. The molecule has 0 amide bonds. The van der Waals surface area contributed by atoms with Crippen molar-refractivity contribution in [2.75, 3.05) is 55.1 Å². The maximum absolute atomic E-state index is 13.9. The summed E-state index contributed by atoms with van der Waals surface area (Å²) >= 11 is 0. The molecule has 3 aliphatic heterocycles. The van der Waals surface area contributed by atoms with Crippen LogP contribution < -0.4 is 0 Å². The van der Waals surface area contributed by atoms with Gasteiger partial charge in [-0.15, -0.1) is 0 Å². The van der Waals surface area contributed by atoms with Crippen molar-refractivity contribution in [3.63, 3.8) is 0 Å². The van der Waals surface area contributed by atoms with E-state index in [-0.39, 0.29) is 38.6 Å². The van der Waals surface area contributed by atoms with E-state index in [1.165, 1.54) is 28.3 Å². The Labute approximate surface area is 420 Å². The van der Waals surface area contributed by atoms with Crippen LogP contribution in [0.5, 0.6) is 0 Å². The van der Waals surface area contributed by atoms with E-state index in [0.29, 0.717) is 19.5 Å². The first-order chi connectivity index (χ1) is 33.7. The molecule has 16 atom stereocenters. The van der Waals surface area contributed by atoms with Crippen LogP contribution in [0.3, 0.4) is 0 Å². The van der Waals surface area contributed by atoms with Crippen LogP contribution in [0.4, 0.5) is 0 Å². The van der Waals surface area contributed by atoms with Crippen molar-refractivity contribution < 1.29 is 81.5 Å². The van der Waals surface area contributed by atoms with Crippen molar-refractivity contribution >= 4 is 23.9 Å². The van der Waals surface area contributed by atoms with Crippen LogP contribution in [0.1, 0.15) is 106 Å². The second-order valence-corrected chi connectivity index (χ2v) is 19.5. The summed E-state index contributed by atoms with van der Waals surface area (Å²) in [6, 6.07) is 8.79. The SMILES string of the molecule is CCC(=O)OC1C(C)OC(OC2C(C)OC(O[C@@H]3C(OC)[C@H](OC(=O)CC)CC(=O)O[C@H](C)CCN(CC#Cc4ccccc4)C[C@H](O)[C@H](C)C[C@@H]3CC(OC)OC)C(O)C2N(C)C)CC1(C)OC(C)=O. The molecule has 402 valence electrons. The van der Waals surface area contributed by atoms with Gasteiger partial charge < -0.3 is 67.2 Å². The lowest BCUT2D eigenvalue weighted by molar-refractivity contribution is -0.345. The molecule has 0 bridgehead atoms. The number of cyclic esters (lactones) is 1. The summed E-state index contributed by atoms with van der Waals surface area (Å²) < 4.78 is 67.7. The quantitative estimate of drug-likeness (QED) is 0.104. The highest BCUT2D eigenvalue weighted by atomic mass is 16.7. The third-order valence-corrected chi connectivity index (χ3v) is 13.5. The van der Waals surface area contributed by atoms with E-state index in [0.717, 1.165) is 5.56 Å². The summed E-state index contributed by atoms with van der Waals surface area (Å²) in [7, 11) is 7.96. The molecule has 0 aromatic heterocycles. The number of carbonyl (C=O) groups is 4. The van der Waals surface area contributed by atoms with Gasteiger partial charge in [0.1, 0.15) is 30.5 Å². The van der Waals surface area contributed by atoms with E-state index < -0.39 is 134 Å². The number of likely N-dealkylation sites (N-methyl/N-ethyl adjacent to an activating group) is 1. The van der Waals surface area contributed by atoms with Gasteiger partial charge in [-0.3, -0.25) is 24.1 Å². The van der Waals surface area contributed by atoms with Crippen LogP contribution in [-0.2, 0) is 71.3 Å². The van der Waals surface area contributed by atoms with Gasteiger partial charge in [-0.25, -0.2) is 0 Å². The van der Waals surface area contributed by atoms with Gasteiger partial charge in [0.15, 0.2) is 30.6 Å². The average molecular weight is 1010 g/mol. The number of rotatable bonds is 16. The number of ether oxygens (including phenoxy) is 11. The third-order valence-electron chi connectivity index (χ3n) is 13.5. The molecule has 19 heteroatoms. The summed E-state index contributed by atoms with van der Waals surface area (Å²) in [5.74, 6) is 3.10. The molecule has 0 radical (unpaired) electrons. The molecule has 3 heterocycles. The zero-order valence-electron chi connectivity index (χ0n) is 44.1. The lowest BCUT2D eigenvalue weighted by Crippen LogP contribution is -2.66. The first-order valence-electron chi connectivity index (χ1n) is 24.9. The summed E-state index contributed by atoms with van der Waals surface area (Å²) in [6.07, 6.45) is -12.3. The number of hydrogen-bond donors (Lipinski definition) is 2. The van der Waals surface area contributed by atoms with Gasteiger partial charge in [-0.05, 0) is 78.6 Å². The molecule has 0 aliphatic carbocycles. The molecule has 1 aromatic rings. The molecule has 71 heavy (non-hydrogen) atoms. The number of hydrogen-bond acceptors (Lipinski definition) is 19.